The van der Waals surface area contributed by atoms with Crippen molar-refractivity contribution in [3.05, 3.63) is 0 Å². The van der Waals surface area contributed by atoms with Crippen LogP contribution >= 0.6 is 0 Å². The molecule has 0 aliphatic rings. The fraction of sp³-hybridized carbons (Fsp3) is 0.667. The number of nitrogens with two attached hydrogens (primary N) is 3. The third kappa shape index (κ3) is 5.68. The number of carbonyl (C=O) groups is 3. The Bertz CT molecular complexity index is 319. The Morgan fingerprint density at radius 2 is 1.61 bits per heavy atom. The molecule has 0 aliphatic heterocycles. The van der Waals surface area contributed by atoms with E-state index in [1.54, 1.807) is 0 Å². The molecule has 7 N–H and O–H groups in total. The lowest BCUT2D eigenvalue weighted by Gasteiger charge is -2.13. The average Bonchev–Trinajstić information content (AvgIpc) is 2.33. The Hall–Kier alpha value is -1.55. The molecule has 104 valence electrons. The number of aliphatic hydroxyl groups excluding tert-OH is 1. The summed E-state index contributed by atoms with van der Waals surface area (Å²) in [5, 5.41) is 8.55. The van der Waals surface area contributed by atoms with Crippen LogP contribution in [0.15, 0.2) is 0 Å². The van der Waals surface area contributed by atoms with Gasteiger partial charge in [-0.05, 0) is 6.92 Å². The Labute approximate surface area is 103 Å². The smallest absolute Gasteiger partial charge is 0.334 e. The fourth-order valence-electron chi connectivity index (χ4n) is 0.689. The zero-order chi connectivity index (χ0) is 14.3. The molecule has 0 fully saturated rings. The maximum atomic E-state index is 11.2. The molecular weight excluding hydrogens is 246 g/mol. The topological polar surface area (TPSA) is 168 Å². The molecule has 0 heterocycles. The molecule has 0 aromatic heterocycles. The second-order valence-corrected chi connectivity index (χ2v) is 3.55. The molecule has 3 atom stereocenters. The van der Waals surface area contributed by atoms with Gasteiger partial charge in [0.05, 0.1) is 6.61 Å². The quantitative estimate of drug-likeness (QED) is 0.282. The minimum atomic E-state index is -1.33. The fourth-order valence-corrected chi connectivity index (χ4v) is 0.689. The lowest BCUT2D eigenvalue weighted by atomic mass is 10.3. The van der Waals surface area contributed by atoms with Crippen molar-refractivity contribution < 1.29 is 29.0 Å². The van der Waals surface area contributed by atoms with Gasteiger partial charge in [-0.2, -0.15) is 0 Å². The number of carbonyl (C=O) groups excluding carboxylic acids is 3. The molecule has 0 saturated heterocycles. The molecule has 0 bridgehead atoms. The van der Waals surface area contributed by atoms with Gasteiger partial charge in [0, 0.05) is 0 Å². The van der Waals surface area contributed by atoms with Crippen LogP contribution in [-0.2, 0) is 23.9 Å². The SMILES string of the molecule is C[C@H](N)C(=O)OC(=O)[C@@H](N)COC(=O)[C@@H](N)CO. The molecule has 0 radical (unpaired) electrons. The first-order valence-corrected chi connectivity index (χ1v) is 5.09. The standard InChI is InChI=1S/C9H17N3O6/c1-4(10)7(14)18-9(16)6(12)3-17-8(15)5(11)2-13/h4-6,13H,2-3,10-12H2,1H3/t4-,5-,6-/m0/s1. The first-order valence-electron chi connectivity index (χ1n) is 5.09. The summed E-state index contributed by atoms with van der Waals surface area (Å²) < 4.78 is 8.82. The minimum Gasteiger partial charge on any atom is -0.462 e. The van der Waals surface area contributed by atoms with E-state index in [0.717, 1.165) is 0 Å². The summed E-state index contributed by atoms with van der Waals surface area (Å²) in [6, 6.07) is -3.51. The lowest BCUT2D eigenvalue weighted by molar-refractivity contribution is -0.162. The number of ether oxygens (including phenoxy) is 2. The second-order valence-electron chi connectivity index (χ2n) is 3.55. The highest BCUT2D eigenvalue weighted by Crippen LogP contribution is 1.93. The van der Waals surface area contributed by atoms with Crippen LogP contribution in [0.3, 0.4) is 0 Å². The van der Waals surface area contributed by atoms with Gasteiger partial charge in [-0.15, -0.1) is 0 Å². The summed E-state index contributed by atoms with van der Waals surface area (Å²) in [5.74, 6) is -2.92. The molecule has 9 nitrogen and oxygen atoms in total. The lowest BCUT2D eigenvalue weighted by Crippen LogP contribution is -2.43. The molecular formula is C9H17N3O6. The van der Waals surface area contributed by atoms with Gasteiger partial charge in [-0.25, -0.2) is 9.59 Å². The van der Waals surface area contributed by atoms with Gasteiger partial charge >= 0.3 is 17.9 Å². The van der Waals surface area contributed by atoms with E-state index in [2.05, 4.69) is 9.47 Å². The van der Waals surface area contributed by atoms with E-state index >= 15 is 0 Å². The van der Waals surface area contributed by atoms with Crippen molar-refractivity contribution in [2.75, 3.05) is 13.2 Å². The van der Waals surface area contributed by atoms with Crippen LogP contribution in [-0.4, -0.2) is 54.4 Å². The van der Waals surface area contributed by atoms with E-state index in [0.29, 0.717) is 0 Å². The van der Waals surface area contributed by atoms with Crippen molar-refractivity contribution in [1.29, 1.82) is 0 Å². The number of hydrogen-bond acceptors (Lipinski definition) is 9. The van der Waals surface area contributed by atoms with Crippen molar-refractivity contribution in [3.63, 3.8) is 0 Å². The summed E-state index contributed by atoms with van der Waals surface area (Å²) in [5.41, 5.74) is 15.6. The monoisotopic (exact) mass is 263 g/mol. The largest absolute Gasteiger partial charge is 0.462 e. The van der Waals surface area contributed by atoms with Gasteiger partial charge in [-0.3, -0.25) is 4.79 Å². The van der Waals surface area contributed by atoms with E-state index in [1.807, 2.05) is 0 Å². The first-order chi connectivity index (χ1) is 8.29. The van der Waals surface area contributed by atoms with Gasteiger partial charge in [0.15, 0.2) is 0 Å². The summed E-state index contributed by atoms with van der Waals surface area (Å²) in [6.45, 7) is 0.223. The maximum Gasteiger partial charge on any atom is 0.334 e. The highest BCUT2D eigenvalue weighted by Gasteiger charge is 2.23. The van der Waals surface area contributed by atoms with Gasteiger partial charge in [0.1, 0.15) is 24.7 Å². The maximum absolute atomic E-state index is 11.2. The number of hydrogen-bond donors (Lipinski definition) is 4. The van der Waals surface area contributed by atoms with Crippen LogP contribution in [0.5, 0.6) is 0 Å². The van der Waals surface area contributed by atoms with Crippen LogP contribution in [0.1, 0.15) is 6.92 Å². The van der Waals surface area contributed by atoms with Crippen LogP contribution in [0.4, 0.5) is 0 Å². The predicted octanol–water partition coefficient (Wildman–Crippen LogP) is -3.41. The van der Waals surface area contributed by atoms with Crippen molar-refractivity contribution >= 4 is 17.9 Å². The van der Waals surface area contributed by atoms with Crippen molar-refractivity contribution in [1.82, 2.24) is 0 Å². The Morgan fingerprint density at radius 1 is 1.06 bits per heavy atom. The average molecular weight is 263 g/mol. The molecule has 0 aromatic carbocycles. The van der Waals surface area contributed by atoms with Crippen LogP contribution < -0.4 is 17.2 Å². The van der Waals surface area contributed by atoms with Crippen LogP contribution in [0.25, 0.3) is 0 Å². The van der Waals surface area contributed by atoms with E-state index in [1.165, 1.54) is 6.92 Å². The van der Waals surface area contributed by atoms with Gasteiger partial charge < -0.3 is 31.8 Å². The Morgan fingerprint density at radius 3 is 2.06 bits per heavy atom. The van der Waals surface area contributed by atoms with E-state index in [-0.39, 0.29) is 0 Å². The zero-order valence-corrected chi connectivity index (χ0v) is 9.87. The molecule has 0 rings (SSSR count). The highest BCUT2D eigenvalue weighted by molar-refractivity contribution is 5.90. The molecule has 0 spiro atoms. The van der Waals surface area contributed by atoms with Crippen LogP contribution in [0, 0.1) is 0 Å². The molecule has 9 heteroatoms. The third-order valence-electron chi connectivity index (χ3n) is 1.78. The summed E-state index contributed by atoms with van der Waals surface area (Å²) in [6.07, 6.45) is 0. The summed E-state index contributed by atoms with van der Waals surface area (Å²) in [4.78, 5) is 33.2. The summed E-state index contributed by atoms with van der Waals surface area (Å²) >= 11 is 0. The molecule has 0 unspecified atom stereocenters. The Balaban J connectivity index is 4.10. The van der Waals surface area contributed by atoms with Gasteiger partial charge in [-0.1, -0.05) is 0 Å². The Kier molecular flexibility index (Phi) is 7.05. The van der Waals surface area contributed by atoms with Crippen molar-refractivity contribution in [2.24, 2.45) is 17.2 Å². The molecule has 0 aliphatic carbocycles. The normalized spacial score (nSPS) is 15.4. The summed E-state index contributed by atoms with van der Waals surface area (Å²) in [7, 11) is 0. The molecule has 0 amide bonds. The molecule has 0 aromatic rings. The van der Waals surface area contributed by atoms with Crippen molar-refractivity contribution in [2.45, 2.75) is 25.0 Å². The number of aliphatic hydroxyl groups is 1. The van der Waals surface area contributed by atoms with E-state index < -0.39 is 49.2 Å². The predicted molar refractivity (Wildman–Crippen MR) is 58.7 cm³/mol. The number of rotatable bonds is 6. The van der Waals surface area contributed by atoms with Gasteiger partial charge in [0.2, 0.25) is 0 Å². The van der Waals surface area contributed by atoms with E-state index in [9.17, 15) is 14.4 Å². The molecule has 0 saturated carbocycles. The highest BCUT2D eigenvalue weighted by atomic mass is 16.6. The third-order valence-corrected chi connectivity index (χ3v) is 1.78. The zero-order valence-electron chi connectivity index (χ0n) is 9.87. The van der Waals surface area contributed by atoms with Crippen molar-refractivity contribution in [3.8, 4) is 0 Å². The van der Waals surface area contributed by atoms with Gasteiger partial charge in [0.25, 0.3) is 0 Å². The second kappa shape index (κ2) is 7.71. The minimum absolute atomic E-state index is 0.516. The number of esters is 3. The molecule has 18 heavy (non-hydrogen) atoms. The van der Waals surface area contributed by atoms with E-state index in [4.69, 9.17) is 22.3 Å². The first kappa shape index (κ1) is 16.4. The van der Waals surface area contributed by atoms with Crippen LogP contribution in [0.2, 0.25) is 0 Å².